The number of alkyl halides is 3. The van der Waals surface area contributed by atoms with Crippen LogP contribution in [0.2, 0.25) is 0 Å². The Morgan fingerprint density at radius 3 is 2.26 bits per heavy atom. The number of aryl methyl sites for hydroxylation is 1. The fourth-order valence-electron chi connectivity index (χ4n) is 2.67. The fraction of sp³-hybridized carbons (Fsp3) is 0.750. The quantitative estimate of drug-likeness (QED) is 0.830. The average molecular weight is 277 g/mol. The van der Waals surface area contributed by atoms with Gasteiger partial charge >= 0.3 is 6.18 Å². The van der Waals surface area contributed by atoms with Crippen LogP contribution < -0.4 is 4.74 Å². The zero-order chi connectivity index (χ0) is 14.2. The number of nitrogens with zero attached hydrogens (tertiary/aromatic N) is 3. The molecule has 0 N–H and O–H groups in total. The van der Waals surface area contributed by atoms with Gasteiger partial charge in [-0.25, -0.2) is 0 Å². The molecule has 4 nitrogen and oxygen atoms in total. The lowest BCUT2D eigenvalue weighted by atomic mass is 9.89. The first-order valence-corrected chi connectivity index (χ1v) is 6.21. The van der Waals surface area contributed by atoms with Crippen molar-refractivity contribution in [3.8, 4) is 5.88 Å². The number of methoxy groups -OCH3 is 1. The maximum Gasteiger partial charge on any atom is 0.433 e. The van der Waals surface area contributed by atoms with Crippen molar-refractivity contribution in [2.45, 2.75) is 24.9 Å². The van der Waals surface area contributed by atoms with Crippen LogP contribution >= 0.6 is 0 Å². The summed E-state index contributed by atoms with van der Waals surface area (Å²) in [5.41, 5.74) is -0.468. The van der Waals surface area contributed by atoms with Crippen molar-refractivity contribution in [2.24, 2.45) is 7.05 Å². The minimum absolute atomic E-state index is 0.101. The van der Waals surface area contributed by atoms with Crippen LogP contribution in [0.5, 0.6) is 5.88 Å². The molecule has 1 fully saturated rings. The Bertz CT molecular complexity index is 448. The molecule has 2 heterocycles. The molecular weight excluding hydrogens is 259 g/mol. The molecule has 0 aliphatic carbocycles. The Labute approximate surface area is 110 Å². The number of likely N-dealkylation sites (tertiary alicyclic amines) is 1. The summed E-state index contributed by atoms with van der Waals surface area (Å²) in [5, 5.41) is 3.85. The first-order chi connectivity index (χ1) is 8.84. The van der Waals surface area contributed by atoms with Gasteiger partial charge in [0.15, 0.2) is 0 Å². The molecule has 0 spiro atoms. The standard InChI is InChI=1S/C12H18F3N3O/c1-17-6-4-8(5-7-17)9-10(12(13,14)15)18(2)16-11(9)19-3/h8H,4-7H2,1-3H3. The zero-order valence-electron chi connectivity index (χ0n) is 11.3. The predicted octanol–water partition coefficient (Wildman–Crippen LogP) is 2.26. The molecule has 1 aliphatic rings. The third kappa shape index (κ3) is 2.70. The second-order valence-corrected chi connectivity index (χ2v) is 4.97. The molecule has 0 unspecified atom stereocenters. The summed E-state index contributed by atoms with van der Waals surface area (Å²) in [5.74, 6) is -0.0409. The van der Waals surface area contributed by atoms with E-state index < -0.39 is 11.9 Å². The van der Waals surface area contributed by atoms with E-state index in [4.69, 9.17) is 4.74 Å². The number of hydrogen-bond donors (Lipinski definition) is 0. The Morgan fingerprint density at radius 1 is 1.21 bits per heavy atom. The van der Waals surface area contributed by atoms with Crippen molar-refractivity contribution in [1.29, 1.82) is 0 Å². The minimum Gasteiger partial charge on any atom is -0.480 e. The third-order valence-corrected chi connectivity index (χ3v) is 3.64. The highest BCUT2D eigenvalue weighted by atomic mass is 19.4. The van der Waals surface area contributed by atoms with Crippen molar-refractivity contribution in [2.75, 3.05) is 27.2 Å². The van der Waals surface area contributed by atoms with Gasteiger partial charge in [-0.1, -0.05) is 0 Å². The van der Waals surface area contributed by atoms with Gasteiger partial charge in [0.1, 0.15) is 5.69 Å². The number of hydrogen-bond acceptors (Lipinski definition) is 3. The van der Waals surface area contributed by atoms with Crippen LogP contribution in [0, 0.1) is 0 Å². The SMILES string of the molecule is COc1nn(C)c(C(F)(F)F)c1C1CCN(C)CC1. The van der Waals surface area contributed by atoms with E-state index >= 15 is 0 Å². The summed E-state index contributed by atoms with van der Waals surface area (Å²) in [4.78, 5) is 2.12. The summed E-state index contributed by atoms with van der Waals surface area (Å²) >= 11 is 0. The number of rotatable bonds is 2. The molecule has 1 aromatic heterocycles. The lowest BCUT2D eigenvalue weighted by Crippen LogP contribution is -2.30. The van der Waals surface area contributed by atoms with Gasteiger partial charge in [0.25, 0.3) is 0 Å². The van der Waals surface area contributed by atoms with E-state index in [9.17, 15) is 13.2 Å². The van der Waals surface area contributed by atoms with E-state index in [1.54, 1.807) is 0 Å². The average Bonchev–Trinajstić information content (AvgIpc) is 2.66. The summed E-state index contributed by atoms with van der Waals surface area (Å²) in [7, 11) is 4.64. The maximum absolute atomic E-state index is 13.2. The van der Waals surface area contributed by atoms with Crippen LogP contribution in [-0.2, 0) is 13.2 Å². The zero-order valence-corrected chi connectivity index (χ0v) is 11.3. The molecule has 0 aromatic carbocycles. The van der Waals surface area contributed by atoms with Crippen molar-refractivity contribution in [3.63, 3.8) is 0 Å². The lowest BCUT2D eigenvalue weighted by molar-refractivity contribution is -0.144. The minimum atomic E-state index is -4.41. The summed E-state index contributed by atoms with van der Waals surface area (Å²) in [6, 6.07) is 0. The first-order valence-electron chi connectivity index (χ1n) is 6.21. The van der Waals surface area contributed by atoms with Gasteiger partial charge in [-0.3, -0.25) is 4.68 Å². The number of aromatic nitrogens is 2. The van der Waals surface area contributed by atoms with Crippen molar-refractivity contribution >= 4 is 0 Å². The van der Waals surface area contributed by atoms with Crippen molar-refractivity contribution in [3.05, 3.63) is 11.3 Å². The molecule has 1 aromatic rings. The van der Waals surface area contributed by atoms with E-state index in [1.807, 2.05) is 7.05 Å². The second-order valence-electron chi connectivity index (χ2n) is 4.97. The molecule has 0 radical (unpaired) electrons. The first kappa shape index (κ1) is 14.2. The van der Waals surface area contributed by atoms with E-state index in [2.05, 4.69) is 10.00 Å². The van der Waals surface area contributed by atoms with Gasteiger partial charge in [-0.2, -0.15) is 13.2 Å². The molecule has 0 amide bonds. The van der Waals surface area contributed by atoms with Gasteiger partial charge in [0.2, 0.25) is 5.88 Å². The van der Waals surface area contributed by atoms with Crippen LogP contribution in [0.15, 0.2) is 0 Å². The normalized spacial score (nSPS) is 18.8. The number of ether oxygens (including phenoxy) is 1. The second kappa shape index (κ2) is 5.03. The van der Waals surface area contributed by atoms with Crippen molar-refractivity contribution in [1.82, 2.24) is 14.7 Å². The molecule has 1 aliphatic heterocycles. The van der Waals surface area contributed by atoms with Crippen molar-refractivity contribution < 1.29 is 17.9 Å². The molecule has 0 saturated carbocycles. The Balaban J connectivity index is 2.42. The monoisotopic (exact) mass is 277 g/mol. The molecule has 7 heteroatoms. The maximum atomic E-state index is 13.2. The number of piperidine rings is 1. The molecule has 2 rings (SSSR count). The molecule has 108 valence electrons. The number of halogens is 3. The van der Waals surface area contributed by atoms with Gasteiger partial charge in [0.05, 0.1) is 7.11 Å². The highest BCUT2D eigenvalue weighted by molar-refractivity contribution is 5.37. The highest BCUT2D eigenvalue weighted by Crippen LogP contribution is 2.42. The molecule has 0 atom stereocenters. The van der Waals surface area contributed by atoms with Gasteiger partial charge < -0.3 is 9.64 Å². The predicted molar refractivity (Wildman–Crippen MR) is 64.2 cm³/mol. The van der Waals surface area contributed by atoms with E-state index in [-0.39, 0.29) is 17.4 Å². The molecule has 19 heavy (non-hydrogen) atoms. The molecule has 1 saturated heterocycles. The largest absolute Gasteiger partial charge is 0.480 e. The molecule has 0 bridgehead atoms. The van der Waals surface area contributed by atoms with Crippen LogP contribution in [0.3, 0.4) is 0 Å². The topological polar surface area (TPSA) is 30.3 Å². The summed E-state index contributed by atoms with van der Waals surface area (Å²) < 4.78 is 45.4. The van der Waals surface area contributed by atoms with E-state index in [0.29, 0.717) is 12.8 Å². The highest BCUT2D eigenvalue weighted by Gasteiger charge is 2.42. The van der Waals surface area contributed by atoms with Gasteiger partial charge in [-0.05, 0) is 38.9 Å². The van der Waals surface area contributed by atoms with Crippen LogP contribution in [0.1, 0.15) is 30.0 Å². The van der Waals surface area contributed by atoms with E-state index in [0.717, 1.165) is 17.8 Å². The molecular formula is C12H18F3N3O. The smallest absolute Gasteiger partial charge is 0.433 e. The van der Waals surface area contributed by atoms with Crippen LogP contribution in [0.25, 0.3) is 0 Å². The Morgan fingerprint density at radius 2 is 1.79 bits per heavy atom. The van der Waals surface area contributed by atoms with Crippen LogP contribution in [-0.4, -0.2) is 41.9 Å². The van der Waals surface area contributed by atoms with Crippen LogP contribution in [0.4, 0.5) is 13.2 Å². The fourth-order valence-corrected chi connectivity index (χ4v) is 2.67. The summed E-state index contributed by atoms with van der Waals surface area (Å²) in [6.07, 6.45) is -3.01. The van der Waals surface area contributed by atoms with Gasteiger partial charge in [-0.15, -0.1) is 5.10 Å². The van der Waals surface area contributed by atoms with Gasteiger partial charge in [0, 0.05) is 12.6 Å². The van der Waals surface area contributed by atoms with E-state index in [1.165, 1.54) is 14.2 Å². The lowest BCUT2D eigenvalue weighted by Gasteiger charge is -2.29. The third-order valence-electron chi connectivity index (χ3n) is 3.64. The summed E-state index contributed by atoms with van der Waals surface area (Å²) in [6.45, 7) is 1.58. The Kier molecular flexibility index (Phi) is 3.75. The Hall–Kier alpha value is -1.24.